The molecule has 0 saturated carbocycles. The lowest BCUT2D eigenvalue weighted by molar-refractivity contribution is 0.120. The van der Waals surface area contributed by atoms with Gasteiger partial charge in [-0.1, -0.05) is 12.8 Å². The number of hydrogen-bond donors (Lipinski definition) is 2. The average molecular weight is 291 g/mol. The smallest absolute Gasteiger partial charge is 0.157 e. The molecule has 2 saturated heterocycles. The van der Waals surface area contributed by atoms with Gasteiger partial charge in [-0.15, -0.1) is 0 Å². The highest BCUT2D eigenvalue weighted by atomic mass is 16.5. The van der Waals surface area contributed by atoms with E-state index in [0.29, 0.717) is 5.69 Å². The van der Waals surface area contributed by atoms with Crippen LogP contribution in [-0.4, -0.2) is 42.3 Å². The monoisotopic (exact) mass is 291 g/mol. The molecule has 1 aromatic rings. The highest BCUT2D eigenvalue weighted by molar-refractivity contribution is 5.74. The third kappa shape index (κ3) is 3.56. The Labute approximate surface area is 126 Å². The van der Waals surface area contributed by atoms with Crippen LogP contribution < -0.4 is 16.0 Å². The molecule has 1 aromatic heterocycles. The second kappa shape index (κ2) is 6.93. The van der Waals surface area contributed by atoms with Gasteiger partial charge < -0.3 is 20.7 Å². The van der Waals surface area contributed by atoms with Gasteiger partial charge in [0.2, 0.25) is 0 Å². The zero-order valence-electron chi connectivity index (χ0n) is 12.6. The molecule has 6 nitrogen and oxygen atoms in total. The number of nitrogens with zero attached hydrogens (tertiary/aromatic N) is 3. The van der Waals surface area contributed by atoms with Gasteiger partial charge in [-0.25, -0.2) is 9.97 Å². The molecule has 3 heterocycles. The van der Waals surface area contributed by atoms with Gasteiger partial charge in [0.25, 0.3) is 0 Å². The van der Waals surface area contributed by atoms with Crippen LogP contribution in [0.2, 0.25) is 0 Å². The first kappa shape index (κ1) is 14.4. The molecule has 3 rings (SSSR count). The normalized spacial score (nSPS) is 23.0. The number of anilines is 3. The van der Waals surface area contributed by atoms with Gasteiger partial charge in [0.1, 0.15) is 12.0 Å². The second-order valence-electron chi connectivity index (χ2n) is 5.88. The Morgan fingerprint density at radius 3 is 2.71 bits per heavy atom. The van der Waals surface area contributed by atoms with E-state index < -0.39 is 0 Å². The summed E-state index contributed by atoms with van der Waals surface area (Å²) in [5.41, 5.74) is 6.94. The molecule has 0 amide bonds. The third-order valence-electron chi connectivity index (χ3n) is 4.29. The molecule has 2 aliphatic heterocycles. The van der Waals surface area contributed by atoms with Gasteiger partial charge in [0, 0.05) is 26.2 Å². The number of ether oxygens (including phenoxy) is 1. The number of nitrogens with one attached hydrogen (secondary N) is 1. The van der Waals surface area contributed by atoms with Gasteiger partial charge in [-0.3, -0.25) is 0 Å². The molecule has 1 atom stereocenters. The van der Waals surface area contributed by atoms with Crippen molar-refractivity contribution >= 4 is 17.3 Å². The summed E-state index contributed by atoms with van der Waals surface area (Å²) in [5.74, 6) is 1.61. The van der Waals surface area contributed by atoms with Crippen LogP contribution in [0, 0.1) is 0 Å². The molecular formula is C15H25N5O. The maximum absolute atomic E-state index is 6.28. The highest BCUT2D eigenvalue weighted by Crippen LogP contribution is 2.28. The predicted molar refractivity (Wildman–Crippen MR) is 84.6 cm³/mol. The molecule has 0 aromatic carbocycles. The minimum atomic E-state index is 0.279. The van der Waals surface area contributed by atoms with Gasteiger partial charge in [-0.2, -0.15) is 0 Å². The summed E-state index contributed by atoms with van der Waals surface area (Å²) in [5, 5.41) is 3.32. The minimum absolute atomic E-state index is 0.279. The number of nitrogen functional groups attached to an aromatic ring is 1. The lowest BCUT2D eigenvalue weighted by Crippen LogP contribution is -2.27. The number of rotatable bonds is 4. The van der Waals surface area contributed by atoms with E-state index in [1.54, 1.807) is 6.33 Å². The van der Waals surface area contributed by atoms with Crippen LogP contribution in [-0.2, 0) is 4.74 Å². The quantitative estimate of drug-likeness (QED) is 0.884. The van der Waals surface area contributed by atoms with Crippen LogP contribution >= 0.6 is 0 Å². The first-order valence-electron chi connectivity index (χ1n) is 8.05. The Balaban J connectivity index is 1.68. The second-order valence-corrected chi connectivity index (χ2v) is 5.88. The molecule has 6 heteroatoms. The molecule has 0 aliphatic carbocycles. The van der Waals surface area contributed by atoms with E-state index in [2.05, 4.69) is 20.2 Å². The minimum Gasteiger partial charge on any atom is -0.393 e. The Morgan fingerprint density at radius 1 is 1.19 bits per heavy atom. The molecular weight excluding hydrogens is 266 g/mol. The number of hydrogen-bond acceptors (Lipinski definition) is 6. The van der Waals surface area contributed by atoms with Crippen LogP contribution in [0.4, 0.5) is 17.3 Å². The van der Waals surface area contributed by atoms with Crippen molar-refractivity contribution < 1.29 is 4.74 Å². The standard InChI is InChI=1S/C15H25N5O/c16-13-14(17-10-12-6-5-9-21-12)18-11-19-15(13)20-7-3-1-2-4-8-20/h11-12H,1-10,16H2,(H,17,18,19). The molecule has 0 bridgehead atoms. The molecule has 0 spiro atoms. The highest BCUT2D eigenvalue weighted by Gasteiger charge is 2.19. The van der Waals surface area contributed by atoms with E-state index in [1.165, 1.54) is 25.7 Å². The Kier molecular flexibility index (Phi) is 4.75. The first-order valence-corrected chi connectivity index (χ1v) is 8.05. The van der Waals surface area contributed by atoms with Gasteiger partial charge in [0.05, 0.1) is 6.10 Å². The maximum Gasteiger partial charge on any atom is 0.157 e. The van der Waals surface area contributed by atoms with E-state index in [1.807, 2.05) is 0 Å². The first-order chi connectivity index (χ1) is 10.3. The van der Waals surface area contributed by atoms with Crippen molar-refractivity contribution in [1.29, 1.82) is 0 Å². The predicted octanol–water partition coefficient (Wildman–Crippen LogP) is 2.03. The van der Waals surface area contributed by atoms with Crippen molar-refractivity contribution in [3.63, 3.8) is 0 Å². The Bertz CT molecular complexity index is 453. The van der Waals surface area contributed by atoms with Crippen LogP contribution in [0.1, 0.15) is 38.5 Å². The maximum atomic E-state index is 6.28. The average Bonchev–Trinajstić information content (AvgIpc) is 2.87. The van der Waals surface area contributed by atoms with Crippen LogP contribution in [0.25, 0.3) is 0 Å². The third-order valence-corrected chi connectivity index (χ3v) is 4.29. The van der Waals surface area contributed by atoms with Crippen molar-refractivity contribution in [2.24, 2.45) is 0 Å². The molecule has 2 fully saturated rings. The fourth-order valence-electron chi connectivity index (χ4n) is 3.08. The van der Waals surface area contributed by atoms with E-state index in [-0.39, 0.29) is 6.10 Å². The zero-order valence-corrected chi connectivity index (χ0v) is 12.6. The Morgan fingerprint density at radius 2 is 2.00 bits per heavy atom. The van der Waals surface area contributed by atoms with Crippen LogP contribution in [0.3, 0.4) is 0 Å². The van der Waals surface area contributed by atoms with Crippen LogP contribution in [0.5, 0.6) is 0 Å². The zero-order chi connectivity index (χ0) is 14.5. The topological polar surface area (TPSA) is 76.3 Å². The molecule has 2 aliphatic rings. The van der Waals surface area contributed by atoms with Crippen molar-refractivity contribution in [3.05, 3.63) is 6.33 Å². The van der Waals surface area contributed by atoms with Crippen molar-refractivity contribution in [2.45, 2.75) is 44.6 Å². The summed E-state index contributed by atoms with van der Waals surface area (Å²) >= 11 is 0. The SMILES string of the molecule is Nc1c(NCC2CCCO2)ncnc1N1CCCCCC1. The molecule has 3 N–H and O–H groups in total. The van der Waals surface area contributed by atoms with Crippen molar-refractivity contribution in [1.82, 2.24) is 9.97 Å². The molecule has 21 heavy (non-hydrogen) atoms. The summed E-state index contributed by atoms with van der Waals surface area (Å²) in [4.78, 5) is 11.0. The fourth-order valence-corrected chi connectivity index (χ4v) is 3.08. The number of aromatic nitrogens is 2. The number of nitrogens with two attached hydrogens (primary N) is 1. The summed E-state index contributed by atoms with van der Waals surface area (Å²) in [6, 6.07) is 0. The van der Waals surface area contributed by atoms with E-state index in [9.17, 15) is 0 Å². The molecule has 116 valence electrons. The van der Waals surface area contributed by atoms with Gasteiger partial charge in [-0.05, 0) is 25.7 Å². The van der Waals surface area contributed by atoms with E-state index in [4.69, 9.17) is 10.5 Å². The Hall–Kier alpha value is -1.56. The van der Waals surface area contributed by atoms with Crippen molar-refractivity contribution in [3.8, 4) is 0 Å². The summed E-state index contributed by atoms with van der Waals surface area (Å²) in [7, 11) is 0. The molecule has 0 radical (unpaired) electrons. The summed E-state index contributed by atoms with van der Waals surface area (Å²) in [6.45, 7) is 3.70. The lowest BCUT2D eigenvalue weighted by atomic mass is 10.2. The summed E-state index contributed by atoms with van der Waals surface area (Å²) in [6.07, 6.45) is 9.15. The fraction of sp³-hybridized carbons (Fsp3) is 0.733. The summed E-state index contributed by atoms with van der Waals surface area (Å²) < 4.78 is 5.62. The van der Waals surface area contributed by atoms with Crippen molar-refractivity contribution in [2.75, 3.05) is 42.2 Å². The molecule has 1 unspecified atom stereocenters. The largest absolute Gasteiger partial charge is 0.393 e. The van der Waals surface area contributed by atoms with E-state index >= 15 is 0 Å². The van der Waals surface area contributed by atoms with Crippen LogP contribution in [0.15, 0.2) is 6.33 Å². The van der Waals surface area contributed by atoms with Gasteiger partial charge >= 0.3 is 0 Å². The lowest BCUT2D eigenvalue weighted by Gasteiger charge is -2.23. The van der Waals surface area contributed by atoms with E-state index in [0.717, 1.165) is 50.7 Å². The van der Waals surface area contributed by atoms with Gasteiger partial charge in [0.15, 0.2) is 11.6 Å².